The number of nitrogens with zero attached hydrogens (tertiary/aromatic N) is 2. The minimum Gasteiger partial charge on any atom is -0.362 e. The zero-order valence-electron chi connectivity index (χ0n) is 10.9. The maximum atomic E-state index is 5.01. The Hall–Kier alpha value is -0.220. The van der Waals surface area contributed by atoms with Gasteiger partial charge in [-0.15, -0.1) is 0 Å². The van der Waals surface area contributed by atoms with Crippen LogP contribution >= 0.6 is 11.8 Å². The van der Waals surface area contributed by atoms with Crippen LogP contribution in [0.3, 0.4) is 0 Å². The van der Waals surface area contributed by atoms with Crippen LogP contribution in [0.2, 0.25) is 0 Å². The van der Waals surface area contributed by atoms with Crippen LogP contribution in [0.25, 0.3) is 0 Å². The maximum Gasteiger partial charge on any atom is 0.157 e. The lowest BCUT2D eigenvalue weighted by Gasteiger charge is -2.43. The van der Waals surface area contributed by atoms with E-state index in [0.717, 1.165) is 5.92 Å². The van der Waals surface area contributed by atoms with E-state index in [1.165, 1.54) is 44.1 Å². The van der Waals surface area contributed by atoms with E-state index in [1.54, 1.807) is 0 Å². The summed E-state index contributed by atoms with van der Waals surface area (Å²) in [7, 11) is 0. The second kappa shape index (κ2) is 4.81. The Morgan fingerprint density at radius 3 is 2.65 bits per heavy atom. The molecule has 2 bridgehead atoms. The highest BCUT2D eigenvalue weighted by Crippen LogP contribution is 2.31. The van der Waals surface area contributed by atoms with Crippen molar-refractivity contribution in [2.45, 2.75) is 50.4 Å². The molecule has 0 radical (unpaired) electrons. The van der Waals surface area contributed by atoms with Crippen LogP contribution in [0, 0.1) is 5.92 Å². The summed E-state index contributed by atoms with van der Waals surface area (Å²) < 4.78 is 0. The first kappa shape index (κ1) is 11.8. The summed E-state index contributed by atoms with van der Waals surface area (Å²) in [5, 5.41) is 5.47. The summed E-state index contributed by atoms with van der Waals surface area (Å²) in [6.07, 6.45) is 3.97. The fourth-order valence-corrected chi connectivity index (χ4v) is 4.57. The first-order valence-electron chi connectivity index (χ1n) is 6.94. The fourth-order valence-electron chi connectivity index (χ4n) is 3.34. The summed E-state index contributed by atoms with van der Waals surface area (Å²) >= 11 is 1.93. The quantitative estimate of drug-likeness (QED) is 0.774. The van der Waals surface area contributed by atoms with Crippen LogP contribution in [0.15, 0.2) is 4.99 Å². The van der Waals surface area contributed by atoms with Gasteiger partial charge in [0.15, 0.2) is 5.17 Å². The SMILES string of the molecule is CC1CC(C)SC(=NC2CN3CCC2CC3)N1. The summed E-state index contributed by atoms with van der Waals surface area (Å²) in [5.74, 6) is 0.849. The summed E-state index contributed by atoms with van der Waals surface area (Å²) in [4.78, 5) is 7.58. The molecule has 4 aliphatic rings. The molecule has 4 aliphatic heterocycles. The molecule has 0 spiro atoms. The Bertz CT molecular complexity index is 298. The summed E-state index contributed by atoms with van der Waals surface area (Å²) in [6.45, 7) is 8.38. The van der Waals surface area contributed by atoms with E-state index < -0.39 is 0 Å². The summed E-state index contributed by atoms with van der Waals surface area (Å²) in [5.41, 5.74) is 0. The molecule has 0 aromatic carbocycles. The van der Waals surface area contributed by atoms with E-state index >= 15 is 0 Å². The molecular formula is C13H23N3S. The maximum absolute atomic E-state index is 5.01. The van der Waals surface area contributed by atoms with E-state index in [-0.39, 0.29) is 0 Å². The topological polar surface area (TPSA) is 27.6 Å². The van der Waals surface area contributed by atoms with Crippen molar-refractivity contribution in [3.63, 3.8) is 0 Å². The number of piperidine rings is 3. The van der Waals surface area contributed by atoms with Gasteiger partial charge in [0, 0.05) is 17.8 Å². The lowest BCUT2D eigenvalue weighted by atomic mass is 9.84. The second-order valence-corrected chi connectivity index (χ2v) is 7.28. The smallest absolute Gasteiger partial charge is 0.157 e. The minimum absolute atomic E-state index is 0.560. The van der Waals surface area contributed by atoms with Crippen molar-refractivity contribution in [1.82, 2.24) is 10.2 Å². The van der Waals surface area contributed by atoms with Crippen molar-refractivity contribution in [3.05, 3.63) is 0 Å². The van der Waals surface area contributed by atoms with Gasteiger partial charge in [-0.1, -0.05) is 18.7 Å². The van der Waals surface area contributed by atoms with Gasteiger partial charge >= 0.3 is 0 Å². The van der Waals surface area contributed by atoms with Gasteiger partial charge in [0.05, 0.1) is 6.04 Å². The molecule has 17 heavy (non-hydrogen) atoms. The molecule has 3 unspecified atom stereocenters. The van der Waals surface area contributed by atoms with Gasteiger partial charge in [-0.2, -0.15) is 0 Å². The molecule has 96 valence electrons. The molecule has 0 aromatic rings. The molecule has 0 aliphatic carbocycles. The Kier molecular flexibility index (Phi) is 3.35. The number of aliphatic imine (C=N–C) groups is 1. The monoisotopic (exact) mass is 253 g/mol. The first-order valence-corrected chi connectivity index (χ1v) is 7.82. The van der Waals surface area contributed by atoms with E-state index in [2.05, 4.69) is 24.1 Å². The lowest BCUT2D eigenvalue weighted by Crippen LogP contribution is -2.50. The lowest BCUT2D eigenvalue weighted by molar-refractivity contribution is 0.0906. The molecule has 1 N–H and O–H groups in total. The highest BCUT2D eigenvalue weighted by atomic mass is 32.2. The third-order valence-electron chi connectivity index (χ3n) is 4.27. The number of nitrogens with one attached hydrogen (secondary N) is 1. The average Bonchev–Trinajstić information content (AvgIpc) is 2.29. The molecule has 4 rings (SSSR count). The Labute approximate surface area is 108 Å². The van der Waals surface area contributed by atoms with Crippen LogP contribution in [-0.2, 0) is 0 Å². The molecule has 3 atom stereocenters. The van der Waals surface area contributed by atoms with Crippen molar-refractivity contribution in [2.75, 3.05) is 19.6 Å². The zero-order chi connectivity index (χ0) is 11.8. The molecule has 0 amide bonds. The van der Waals surface area contributed by atoms with E-state index in [1.807, 2.05) is 11.8 Å². The number of fused-ring (bicyclic) bond motifs is 3. The standard InChI is InChI=1S/C13H23N3S/c1-9-7-10(2)17-13(14-9)15-12-8-16-5-3-11(12)4-6-16/h9-12H,3-8H2,1-2H3,(H,14,15). The highest BCUT2D eigenvalue weighted by molar-refractivity contribution is 8.14. The molecule has 4 heteroatoms. The third kappa shape index (κ3) is 2.63. The summed E-state index contributed by atoms with van der Waals surface area (Å²) in [6, 6.07) is 1.15. The van der Waals surface area contributed by atoms with E-state index in [9.17, 15) is 0 Å². The van der Waals surface area contributed by atoms with Crippen molar-refractivity contribution in [2.24, 2.45) is 10.9 Å². The van der Waals surface area contributed by atoms with Crippen LogP contribution in [0.4, 0.5) is 0 Å². The van der Waals surface area contributed by atoms with E-state index in [0.29, 0.717) is 17.3 Å². The minimum atomic E-state index is 0.560. The van der Waals surface area contributed by atoms with Crippen molar-refractivity contribution in [1.29, 1.82) is 0 Å². The number of rotatable bonds is 1. The van der Waals surface area contributed by atoms with Gasteiger partial charge in [0.2, 0.25) is 0 Å². The van der Waals surface area contributed by atoms with Crippen molar-refractivity contribution >= 4 is 16.9 Å². The average molecular weight is 253 g/mol. The van der Waals surface area contributed by atoms with Gasteiger partial charge in [0.1, 0.15) is 0 Å². The Morgan fingerprint density at radius 1 is 1.29 bits per heavy atom. The molecule has 4 saturated heterocycles. The Morgan fingerprint density at radius 2 is 2.06 bits per heavy atom. The van der Waals surface area contributed by atoms with Crippen LogP contribution in [0.5, 0.6) is 0 Å². The number of hydrogen-bond acceptors (Lipinski definition) is 3. The molecular weight excluding hydrogens is 230 g/mol. The number of hydrogen-bond donors (Lipinski definition) is 1. The predicted molar refractivity (Wildman–Crippen MR) is 74.7 cm³/mol. The van der Waals surface area contributed by atoms with Gasteiger partial charge < -0.3 is 10.2 Å². The van der Waals surface area contributed by atoms with Crippen LogP contribution in [0.1, 0.15) is 33.1 Å². The van der Waals surface area contributed by atoms with Crippen LogP contribution < -0.4 is 5.32 Å². The molecule has 4 heterocycles. The molecule has 0 aromatic heterocycles. The fraction of sp³-hybridized carbons (Fsp3) is 0.923. The van der Waals surface area contributed by atoms with Crippen molar-refractivity contribution in [3.8, 4) is 0 Å². The largest absolute Gasteiger partial charge is 0.362 e. The normalized spacial score (nSPS) is 48.1. The molecule has 3 nitrogen and oxygen atoms in total. The predicted octanol–water partition coefficient (Wildman–Crippen LogP) is 1.94. The third-order valence-corrected chi connectivity index (χ3v) is 5.31. The van der Waals surface area contributed by atoms with Gasteiger partial charge in [-0.25, -0.2) is 0 Å². The Balaban J connectivity index is 1.68. The van der Waals surface area contributed by atoms with E-state index in [4.69, 9.17) is 4.99 Å². The van der Waals surface area contributed by atoms with Gasteiger partial charge in [0.25, 0.3) is 0 Å². The van der Waals surface area contributed by atoms with Crippen LogP contribution in [-0.4, -0.2) is 47.0 Å². The molecule has 0 saturated carbocycles. The van der Waals surface area contributed by atoms with Gasteiger partial charge in [-0.3, -0.25) is 4.99 Å². The highest BCUT2D eigenvalue weighted by Gasteiger charge is 2.34. The van der Waals surface area contributed by atoms with Crippen molar-refractivity contribution < 1.29 is 0 Å². The molecule has 4 fully saturated rings. The number of thioether (sulfide) groups is 1. The zero-order valence-corrected chi connectivity index (χ0v) is 11.7. The first-order chi connectivity index (χ1) is 8.20. The number of amidine groups is 1. The van der Waals surface area contributed by atoms with Gasteiger partial charge in [-0.05, 0) is 45.2 Å². The second-order valence-electron chi connectivity index (χ2n) is 5.85.